The van der Waals surface area contributed by atoms with E-state index < -0.39 is 11.7 Å². The molecule has 2 aromatic heterocycles. The fourth-order valence-corrected chi connectivity index (χ4v) is 2.74. The van der Waals surface area contributed by atoms with E-state index in [1.165, 1.54) is 6.33 Å². The van der Waals surface area contributed by atoms with Crippen LogP contribution in [0, 0.1) is 0 Å². The van der Waals surface area contributed by atoms with Crippen molar-refractivity contribution in [3.05, 3.63) is 47.9 Å². The molecule has 4 rings (SSSR count). The number of halogens is 3. The van der Waals surface area contributed by atoms with Crippen LogP contribution >= 0.6 is 0 Å². The molecule has 118 valence electrons. The van der Waals surface area contributed by atoms with Gasteiger partial charge in [0.2, 0.25) is 0 Å². The van der Waals surface area contributed by atoms with Crippen LogP contribution in [-0.4, -0.2) is 21.6 Å². The lowest BCUT2D eigenvalue weighted by Gasteiger charge is -2.14. The highest BCUT2D eigenvalue weighted by Crippen LogP contribution is 2.39. The topological polar surface area (TPSA) is 62.8 Å². The normalized spacial score (nSPS) is 17.1. The Hall–Kier alpha value is -2.77. The monoisotopic (exact) mass is 320 g/mol. The third-order valence-corrected chi connectivity index (χ3v) is 3.79. The lowest BCUT2D eigenvalue weighted by atomic mass is 10.1. The van der Waals surface area contributed by atoms with Crippen LogP contribution < -0.4 is 10.1 Å². The number of H-pyrrole nitrogens is 1. The predicted octanol–water partition coefficient (Wildman–Crippen LogP) is 3.52. The SMILES string of the molecule is FC(F)(F)c1c[nH]c2ncnc(NC3COc4ccccc43)c12. The molecule has 8 heteroatoms. The lowest BCUT2D eigenvalue weighted by molar-refractivity contribution is -0.136. The molecule has 2 N–H and O–H groups in total. The number of nitrogens with one attached hydrogen (secondary N) is 2. The first kappa shape index (κ1) is 13.9. The molecule has 0 fully saturated rings. The highest BCUT2D eigenvalue weighted by Gasteiger charge is 2.36. The zero-order chi connectivity index (χ0) is 16.0. The minimum Gasteiger partial charge on any atom is -0.491 e. The number of rotatable bonds is 2. The fraction of sp³-hybridized carbons (Fsp3) is 0.200. The Bertz CT molecular complexity index is 875. The first-order valence-corrected chi connectivity index (χ1v) is 6.91. The summed E-state index contributed by atoms with van der Waals surface area (Å²) in [6.45, 7) is 0.330. The second-order valence-corrected chi connectivity index (χ2v) is 5.19. The van der Waals surface area contributed by atoms with E-state index in [1.54, 1.807) is 0 Å². The van der Waals surface area contributed by atoms with Crippen LogP contribution in [0.2, 0.25) is 0 Å². The number of anilines is 1. The summed E-state index contributed by atoms with van der Waals surface area (Å²) < 4.78 is 45.0. The van der Waals surface area contributed by atoms with Crippen molar-refractivity contribution in [2.75, 3.05) is 11.9 Å². The molecular weight excluding hydrogens is 309 g/mol. The fourth-order valence-electron chi connectivity index (χ4n) is 2.74. The van der Waals surface area contributed by atoms with Crippen LogP contribution in [0.25, 0.3) is 11.0 Å². The van der Waals surface area contributed by atoms with E-state index in [-0.39, 0.29) is 22.9 Å². The molecule has 1 aromatic carbocycles. The second-order valence-electron chi connectivity index (χ2n) is 5.19. The maximum absolute atomic E-state index is 13.2. The minimum atomic E-state index is -4.48. The summed E-state index contributed by atoms with van der Waals surface area (Å²) in [5.74, 6) is 0.856. The highest BCUT2D eigenvalue weighted by molar-refractivity contribution is 5.91. The Morgan fingerprint density at radius 3 is 2.87 bits per heavy atom. The number of aromatic amines is 1. The molecule has 1 atom stereocenters. The molecule has 0 radical (unpaired) electrons. The van der Waals surface area contributed by atoms with Crippen molar-refractivity contribution < 1.29 is 17.9 Å². The van der Waals surface area contributed by atoms with Crippen molar-refractivity contribution >= 4 is 16.9 Å². The van der Waals surface area contributed by atoms with E-state index in [0.29, 0.717) is 6.61 Å². The van der Waals surface area contributed by atoms with Crippen molar-refractivity contribution in [1.82, 2.24) is 15.0 Å². The van der Waals surface area contributed by atoms with Crippen LogP contribution in [0.15, 0.2) is 36.8 Å². The first-order valence-electron chi connectivity index (χ1n) is 6.91. The van der Waals surface area contributed by atoms with E-state index in [9.17, 15) is 13.2 Å². The smallest absolute Gasteiger partial charge is 0.418 e. The third kappa shape index (κ3) is 2.26. The summed E-state index contributed by atoms with van der Waals surface area (Å²) in [7, 11) is 0. The number of hydrogen-bond donors (Lipinski definition) is 2. The Balaban J connectivity index is 1.77. The molecule has 0 aliphatic carbocycles. The summed E-state index contributed by atoms with van der Waals surface area (Å²) in [5, 5.41) is 2.98. The van der Waals surface area contributed by atoms with Crippen LogP contribution in [0.1, 0.15) is 17.2 Å². The van der Waals surface area contributed by atoms with Gasteiger partial charge in [0.05, 0.1) is 17.0 Å². The highest BCUT2D eigenvalue weighted by atomic mass is 19.4. The van der Waals surface area contributed by atoms with Gasteiger partial charge in [0, 0.05) is 11.8 Å². The number of alkyl halides is 3. The van der Waals surface area contributed by atoms with E-state index in [1.807, 2.05) is 24.3 Å². The number of fused-ring (bicyclic) bond motifs is 2. The standard InChI is InChI=1S/C15H11F3N4O/c16-15(17,18)9-5-19-13-12(9)14(21-7-20-13)22-10-6-23-11-4-2-1-3-8(10)11/h1-5,7,10H,6H2,(H2,19,20,21,22). The first-order chi connectivity index (χ1) is 11.0. The van der Waals surface area contributed by atoms with E-state index in [2.05, 4.69) is 20.3 Å². The molecule has 0 bridgehead atoms. The third-order valence-electron chi connectivity index (χ3n) is 3.79. The van der Waals surface area contributed by atoms with Crippen LogP contribution in [0.3, 0.4) is 0 Å². The maximum atomic E-state index is 13.2. The van der Waals surface area contributed by atoms with Gasteiger partial charge in [-0.1, -0.05) is 18.2 Å². The average molecular weight is 320 g/mol. The number of nitrogens with zero attached hydrogens (tertiary/aromatic N) is 2. The minimum absolute atomic E-state index is 0.0654. The Morgan fingerprint density at radius 1 is 1.22 bits per heavy atom. The van der Waals surface area contributed by atoms with Crippen LogP contribution in [-0.2, 0) is 6.18 Å². The summed E-state index contributed by atoms with van der Waals surface area (Å²) in [6.07, 6.45) is -2.35. The van der Waals surface area contributed by atoms with Gasteiger partial charge in [-0.05, 0) is 6.07 Å². The maximum Gasteiger partial charge on any atom is 0.418 e. The lowest BCUT2D eigenvalue weighted by Crippen LogP contribution is -2.14. The summed E-state index contributed by atoms with van der Waals surface area (Å²) in [6, 6.07) is 7.14. The summed E-state index contributed by atoms with van der Waals surface area (Å²) in [4.78, 5) is 10.4. The van der Waals surface area contributed by atoms with Gasteiger partial charge in [-0.2, -0.15) is 13.2 Å². The van der Waals surface area contributed by atoms with Crippen LogP contribution in [0.4, 0.5) is 19.0 Å². The molecule has 0 spiro atoms. The molecule has 5 nitrogen and oxygen atoms in total. The Morgan fingerprint density at radius 2 is 2.04 bits per heavy atom. The summed E-state index contributed by atoms with van der Waals surface area (Å²) >= 11 is 0. The quantitative estimate of drug-likeness (QED) is 0.758. The molecule has 3 aromatic rings. The molecule has 23 heavy (non-hydrogen) atoms. The van der Waals surface area contributed by atoms with E-state index >= 15 is 0 Å². The largest absolute Gasteiger partial charge is 0.491 e. The Kier molecular flexibility index (Phi) is 2.93. The molecule has 1 aliphatic heterocycles. The summed E-state index contributed by atoms with van der Waals surface area (Å²) in [5.41, 5.74) is 0.244. The van der Waals surface area contributed by atoms with Crippen molar-refractivity contribution in [2.24, 2.45) is 0 Å². The molecular formula is C15H11F3N4O. The Labute approximate surface area is 128 Å². The number of hydrogen-bond acceptors (Lipinski definition) is 4. The zero-order valence-corrected chi connectivity index (χ0v) is 11.7. The van der Waals surface area contributed by atoms with Crippen molar-refractivity contribution in [2.45, 2.75) is 12.2 Å². The number of benzene rings is 1. The van der Waals surface area contributed by atoms with Gasteiger partial charge in [0.1, 0.15) is 30.1 Å². The molecule has 1 unspecified atom stereocenters. The molecule has 0 amide bonds. The van der Waals surface area contributed by atoms with Crippen molar-refractivity contribution in [3.63, 3.8) is 0 Å². The van der Waals surface area contributed by atoms with Crippen LogP contribution in [0.5, 0.6) is 5.75 Å². The van der Waals surface area contributed by atoms with Gasteiger partial charge in [-0.3, -0.25) is 0 Å². The van der Waals surface area contributed by atoms with Gasteiger partial charge in [0.15, 0.2) is 0 Å². The van der Waals surface area contributed by atoms with E-state index in [4.69, 9.17) is 4.74 Å². The number of ether oxygens (including phenoxy) is 1. The number of para-hydroxylation sites is 1. The van der Waals surface area contributed by atoms with E-state index in [0.717, 1.165) is 17.5 Å². The van der Waals surface area contributed by atoms with Gasteiger partial charge in [0.25, 0.3) is 0 Å². The molecule has 0 saturated heterocycles. The number of aromatic nitrogens is 3. The average Bonchev–Trinajstić information content (AvgIpc) is 3.12. The molecule has 3 heterocycles. The van der Waals surface area contributed by atoms with Gasteiger partial charge in [-0.15, -0.1) is 0 Å². The zero-order valence-electron chi connectivity index (χ0n) is 11.7. The second kappa shape index (κ2) is 4.87. The molecule has 1 aliphatic rings. The van der Waals surface area contributed by atoms with Gasteiger partial charge in [-0.25, -0.2) is 9.97 Å². The van der Waals surface area contributed by atoms with Gasteiger partial charge < -0.3 is 15.0 Å². The molecule has 0 saturated carbocycles. The van der Waals surface area contributed by atoms with Gasteiger partial charge >= 0.3 is 6.18 Å². The van der Waals surface area contributed by atoms with Crippen molar-refractivity contribution in [1.29, 1.82) is 0 Å². The predicted molar refractivity (Wildman–Crippen MR) is 77.2 cm³/mol. The van der Waals surface area contributed by atoms with Crippen molar-refractivity contribution in [3.8, 4) is 5.75 Å².